The Morgan fingerprint density at radius 2 is 1.12 bits per heavy atom. The molecule has 4 aliphatic carbocycles. The van der Waals surface area contributed by atoms with Crippen LogP contribution < -0.4 is 43.2 Å². The van der Waals surface area contributed by atoms with Crippen molar-refractivity contribution in [1.82, 2.24) is 15.1 Å². The first kappa shape index (κ1) is 58.3. The van der Waals surface area contributed by atoms with E-state index in [9.17, 15) is 19.2 Å². The van der Waals surface area contributed by atoms with Gasteiger partial charge >= 0.3 is 11.9 Å². The number of Topliss-reactive ketones (excluding diaryl/α,β-unsaturated/α-hetero) is 2. The van der Waals surface area contributed by atoms with Gasteiger partial charge in [-0.3, -0.25) is 19.1 Å². The van der Waals surface area contributed by atoms with E-state index in [0.29, 0.717) is 49.6 Å². The Bertz CT molecular complexity index is 3920. The topological polar surface area (TPSA) is 182 Å². The van der Waals surface area contributed by atoms with Crippen LogP contribution in [0.1, 0.15) is 110 Å². The number of esters is 2. The molecule has 4 aromatic carbocycles. The zero-order valence-corrected chi connectivity index (χ0v) is 52.9. The molecule has 1 atom stereocenters. The Morgan fingerprint density at radius 3 is 1.73 bits per heavy atom. The van der Waals surface area contributed by atoms with Crippen LogP contribution in [0.25, 0.3) is 22.3 Å². The van der Waals surface area contributed by atoms with Gasteiger partial charge < -0.3 is 57.6 Å². The molecule has 4 aromatic rings. The Labute approximate surface area is 519 Å². The average molecular weight is 1230 g/mol. The molecule has 0 amide bonds. The van der Waals surface area contributed by atoms with Crippen LogP contribution in [-0.4, -0.2) is 138 Å². The third kappa shape index (κ3) is 10.2. The van der Waals surface area contributed by atoms with Crippen molar-refractivity contribution in [1.29, 1.82) is 0 Å². The fraction of sp³-hybridized carbons (Fsp3) is 0.429. The third-order valence-electron chi connectivity index (χ3n) is 19.5. The maximum Gasteiger partial charge on any atom is 0.336 e. The minimum absolute atomic E-state index is 0.216. The van der Waals surface area contributed by atoms with E-state index in [0.717, 1.165) is 169 Å². The lowest BCUT2D eigenvalue weighted by Gasteiger charge is -2.38. The lowest BCUT2D eigenvalue weighted by atomic mass is 9.78. The van der Waals surface area contributed by atoms with Gasteiger partial charge in [0.1, 0.15) is 12.6 Å². The van der Waals surface area contributed by atoms with Gasteiger partial charge in [0.05, 0.1) is 45.7 Å². The molecular formula is C70H76N4O14Si. The molecule has 0 aromatic heterocycles. The molecule has 13 aliphatic rings. The van der Waals surface area contributed by atoms with Gasteiger partial charge in [-0.1, -0.05) is 55.3 Å². The fourth-order valence-electron chi connectivity index (χ4n) is 15.5. The SMILES string of the molecule is C=[N+]1CCc2cc3c(cc2C2=C(C)CC[C-]21)OCO3.COC(=O)C1=C(C(=O)OC)C23CCC(C)=C2c2cc4c(cc2CCN3C1)OCO4.C[Si](C)(C)CN1CCc2cc3c(cc2C2=C1CCC2=O)OCO3.O=C1CCC2=C1c1cc3c(cc1CCN2)OCO3. The summed E-state index contributed by atoms with van der Waals surface area (Å²) in [6.45, 7) is 20.7. The van der Waals surface area contributed by atoms with Crippen LogP contribution in [0.3, 0.4) is 0 Å². The van der Waals surface area contributed by atoms with Crippen LogP contribution in [0.4, 0.5) is 0 Å². The van der Waals surface area contributed by atoms with Crippen molar-refractivity contribution in [3.05, 3.63) is 133 Å². The normalized spacial score (nSPS) is 21.7. The van der Waals surface area contributed by atoms with Crippen LogP contribution in [-0.2, 0) is 54.3 Å². The molecule has 0 fully saturated rings. The van der Waals surface area contributed by atoms with Crippen molar-refractivity contribution in [2.45, 2.75) is 116 Å². The minimum atomic E-state index is -1.24. The Kier molecular flexibility index (Phi) is 15.0. The molecule has 0 bridgehead atoms. The highest BCUT2D eigenvalue weighted by molar-refractivity contribution is 6.76. The average Bonchev–Trinajstić information content (AvgIpc) is 1.55. The zero-order chi connectivity index (χ0) is 61.6. The highest BCUT2D eigenvalue weighted by Gasteiger charge is 2.58. The first-order chi connectivity index (χ1) is 43.0. The molecule has 0 saturated carbocycles. The molecule has 1 unspecified atom stereocenters. The summed E-state index contributed by atoms with van der Waals surface area (Å²) in [5, 5.41) is 3.37. The highest BCUT2D eigenvalue weighted by atomic mass is 28.3. The number of benzene rings is 4. The van der Waals surface area contributed by atoms with Crippen molar-refractivity contribution < 1.29 is 71.1 Å². The van der Waals surface area contributed by atoms with E-state index in [1.165, 1.54) is 70.5 Å². The molecule has 17 rings (SSSR count). The molecule has 9 aliphatic heterocycles. The molecule has 89 heavy (non-hydrogen) atoms. The quantitative estimate of drug-likeness (QED) is 0.0881. The van der Waals surface area contributed by atoms with Gasteiger partial charge in [-0.2, -0.15) is 0 Å². The number of nitrogens with zero attached hydrogens (tertiary/aromatic N) is 3. The van der Waals surface area contributed by atoms with E-state index >= 15 is 0 Å². The maximum atomic E-state index is 13.0. The molecule has 19 heteroatoms. The second-order valence-electron chi connectivity index (χ2n) is 26.0. The second kappa shape index (κ2) is 22.9. The number of carbonyl (C=O) groups is 4. The van der Waals surface area contributed by atoms with E-state index < -0.39 is 25.6 Å². The number of ketones is 2. The molecule has 1 N–H and O–H groups in total. The van der Waals surface area contributed by atoms with Crippen molar-refractivity contribution in [3.63, 3.8) is 0 Å². The standard InChI is InChI=1S/C22H23NO6.C18H23NO3Si.C16H17NO2.C14H13NO3/c1-12-4-6-22-18(12)14-9-17-16(28-11-29-17)8-13(14)5-7-23(22)10-15(20(24)26-2)19(22)21(25)27-3;1-23(2,3)10-19-7-6-12-8-16-17(22-11-21-16)9-13(12)18-14(19)4-5-15(18)20;1-10-3-4-13-16(10)12-8-15-14(18-9-19-15)7-11(12)5-6-17(13)2;16-11-2-1-10-14(11)9-6-13-12(17-7-18-13)5-8(9)3-4-15-10/h8-9H,4-7,10-11H2,1-3H3;8-9H,4-7,10-11H2,1-3H3;7-8H,2-6,9H2,1H3;5-6,15H,1-4,7H2. The van der Waals surface area contributed by atoms with Gasteiger partial charge in [-0.05, 0) is 146 Å². The van der Waals surface area contributed by atoms with Gasteiger partial charge in [-0.15, -0.1) is 5.57 Å². The number of hydrogen-bond donors (Lipinski definition) is 1. The van der Waals surface area contributed by atoms with Gasteiger partial charge in [0.2, 0.25) is 27.2 Å². The molecule has 18 nitrogen and oxygen atoms in total. The van der Waals surface area contributed by atoms with Gasteiger partial charge in [0, 0.05) is 74.1 Å². The number of ether oxygens (including phenoxy) is 10. The van der Waals surface area contributed by atoms with Crippen molar-refractivity contribution in [3.8, 4) is 46.0 Å². The number of nitrogens with one attached hydrogen (secondary N) is 1. The minimum Gasteiger partial charge on any atom is -0.466 e. The maximum absolute atomic E-state index is 13.0. The number of methoxy groups -OCH3 is 2. The Balaban J connectivity index is 0.000000106. The third-order valence-corrected chi connectivity index (χ3v) is 20.8. The number of hydrogen-bond acceptors (Lipinski definition) is 17. The summed E-state index contributed by atoms with van der Waals surface area (Å²) in [6, 6.07) is 17.8. The van der Waals surface area contributed by atoms with Crippen LogP contribution in [0.2, 0.25) is 19.6 Å². The monoisotopic (exact) mass is 1220 g/mol. The smallest absolute Gasteiger partial charge is 0.336 e. The molecule has 1 spiro atoms. The summed E-state index contributed by atoms with van der Waals surface area (Å²) in [4.78, 5) is 54.9. The fourth-order valence-corrected chi connectivity index (χ4v) is 17.0. The summed E-state index contributed by atoms with van der Waals surface area (Å²) >= 11 is 0. The van der Waals surface area contributed by atoms with Gasteiger partial charge in [0.25, 0.3) is 0 Å². The lowest BCUT2D eigenvalue weighted by molar-refractivity contribution is -0.495. The molecular weight excluding hydrogens is 1150 g/mol. The molecule has 464 valence electrons. The van der Waals surface area contributed by atoms with Gasteiger partial charge in [0.15, 0.2) is 57.6 Å². The van der Waals surface area contributed by atoms with Crippen LogP contribution >= 0.6 is 0 Å². The summed E-state index contributed by atoms with van der Waals surface area (Å²) in [7, 11) is 1.47. The number of allylic oxidation sites excluding steroid dienone is 6. The zero-order valence-electron chi connectivity index (χ0n) is 51.9. The Morgan fingerprint density at radius 1 is 0.607 bits per heavy atom. The van der Waals surface area contributed by atoms with E-state index in [1.807, 2.05) is 24.3 Å². The first-order valence-electron chi connectivity index (χ1n) is 31.2. The van der Waals surface area contributed by atoms with E-state index in [1.54, 1.807) is 0 Å². The summed E-state index contributed by atoms with van der Waals surface area (Å²) in [6.07, 6.45) is 11.6. The van der Waals surface area contributed by atoms with Crippen molar-refractivity contribution >= 4 is 60.6 Å². The van der Waals surface area contributed by atoms with Gasteiger partial charge in [-0.25, -0.2) is 9.59 Å². The van der Waals surface area contributed by atoms with Crippen LogP contribution in [0.5, 0.6) is 46.0 Å². The second-order valence-corrected chi connectivity index (χ2v) is 31.5. The lowest BCUT2D eigenvalue weighted by Crippen LogP contribution is -2.47. The number of rotatable bonds is 4. The number of carbonyl (C=O) groups excluding carboxylic acids is 4. The van der Waals surface area contributed by atoms with Crippen molar-refractivity contribution in [2.75, 3.05) is 80.3 Å². The molecule has 0 saturated heterocycles. The first-order valence-corrected chi connectivity index (χ1v) is 34.9. The largest absolute Gasteiger partial charge is 0.466 e. The summed E-state index contributed by atoms with van der Waals surface area (Å²) in [5.41, 5.74) is 18.8. The van der Waals surface area contributed by atoms with Crippen molar-refractivity contribution in [2.24, 2.45) is 0 Å². The Hall–Kier alpha value is -8.42. The molecule has 0 radical (unpaired) electrons. The summed E-state index contributed by atoms with van der Waals surface area (Å²) in [5.74, 6) is 5.95. The van der Waals surface area contributed by atoms with E-state index in [4.69, 9.17) is 47.4 Å². The summed E-state index contributed by atoms with van der Waals surface area (Å²) < 4.78 is 56.4. The van der Waals surface area contributed by atoms with E-state index in [-0.39, 0.29) is 31.9 Å². The number of fused-ring (bicyclic) bond motifs is 13. The van der Waals surface area contributed by atoms with E-state index in [2.05, 4.69) is 84.2 Å². The predicted molar refractivity (Wildman–Crippen MR) is 335 cm³/mol. The van der Waals surface area contributed by atoms with Crippen LogP contribution in [0, 0.1) is 6.04 Å². The predicted octanol–water partition coefficient (Wildman–Crippen LogP) is 9.88. The molecule has 9 heterocycles. The van der Waals surface area contributed by atoms with Crippen LogP contribution in [0.15, 0.2) is 82.2 Å². The highest BCUT2D eigenvalue weighted by Crippen LogP contribution is 2.57.